The lowest BCUT2D eigenvalue weighted by Crippen LogP contribution is -2.59. The smallest absolute Gasteiger partial charge is 0.264 e. The van der Waals surface area contributed by atoms with Gasteiger partial charge in [0, 0.05) is 29.9 Å². The Morgan fingerprint density at radius 3 is 2.49 bits per heavy atom. The molecular weight excluding hydrogens is 540 g/mol. The van der Waals surface area contributed by atoms with Crippen LogP contribution in [0.3, 0.4) is 0 Å². The molecule has 6 rings (SSSR count). The van der Waals surface area contributed by atoms with Gasteiger partial charge in [0.2, 0.25) is 17.7 Å². The Morgan fingerprint density at radius 2 is 1.76 bits per heavy atom. The van der Waals surface area contributed by atoms with E-state index in [1.807, 2.05) is 12.1 Å². The van der Waals surface area contributed by atoms with Gasteiger partial charge in [0.15, 0.2) is 0 Å². The largest absolute Gasteiger partial charge is 0.325 e. The van der Waals surface area contributed by atoms with Crippen LogP contribution in [0.15, 0.2) is 54.7 Å². The van der Waals surface area contributed by atoms with Gasteiger partial charge in [-0.3, -0.25) is 14.4 Å². The first-order chi connectivity index (χ1) is 19.3. The van der Waals surface area contributed by atoms with Crippen molar-refractivity contribution in [3.63, 3.8) is 0 Å². The van der Waals surface area contributed by atoms with Crippen molar-refractivity contribution in [2.75, 3.05) is 17.2 Å². The van der Waals surface area contributed by atoms with Gasteiger partial charge < -0.3 is 15.5 Å². The Morgan fingerprint density at radius 1 is 1.05 bits per heavy atom. The normalized spacial score (nSPS) is 23.8. The molecule has 2 N–H and O–H groups in total. The van der Waals surface area contributed by atoms with Crippen molar-refractivity contribution in [1.82, 2.24) is 9.88 Å². The summed E-state index contributed by atoms with van der Waals surface area (Å²) in [6, 6.07) is 9.85. The molecule has 0 bridgehead atoms. The SMILES string of the molecule is CC1(C)C(=O)N(CC(=O)Nc2ccc3c(c2)C[C@@]2(C3)C(=O)Nc3ncccc32)[C@H](c2cc(F)cc(F)c2)CC1(F)F. The highest BCUT2D eigenvalue weighted by molar-refractivity contribution is 6.06. The minimum Gasteiger partial charge on any atom is -0.325 e. The maximum atomic E-state index is 15.0. The number of carbonyl (C=O) groups is 3. The Kier molecular flexibility index (Phi) is 5.99. The molecule has 2 aliphatic heterocycles. The molecule has 0 unspecified atom stereocenters. The molecule has 3 aromatic rings. The highest BCUT2D eigenvalue weighted by Gasteiger charge is 2.60. The van der Waals surface area contributed by atoms with Crippen LogP contribution < -0.4 is 10.6 Å². The molecule has 11 heteroatoms. The van der Waals surface area contributed by atoms with Crippen LogP contribution in [0.4, 0.5) is 29.1 Å². The number of likely N-dealkylation sites (tertiary alicyclic amines) is 1. The maximum Gasteiger partial charge on any atom is 0.264 e. The molecule has 1 aliphatic carbocycles. The summed E-state index contributed by atoms with van der Waals surface area (Å²) < 4.78 is 58.0. The standard InChI is InChI=1S/C30H26F4N4O3/c1-28(2)27(41)38(23(14-30(28,33)34)17-8-19(31)11-20(32)9-17)15-24(39)36-21-6-5-16-12-29(13-18(16)10-21)22-4-3-7-35-25(22)37-26(29)40/h3-11,23H,12-15H2,1-2H3,(H,36,39)(H,35,37,40)/t23-,29+/m0/s1. The van der Waals surface area contributed by atoms with E-state index in [-0.39, 0.29) is 11.5 Å². The molecule has 7 nitrogen and oxygen atoms in total. The van der Waals surface area contributed by atoms with Crippen LogP contribution in [0.1, 0.15) is 48.6 Å². The zero-order valence-corrected chi connectivity index (χ0v) is 22.2. The zero-order valence-electron chi connectivity index (χ0n) is 22.2. The summed E-state index contributed by atoms with van der Waals surface area (Å²) in [5, 5.41) is 5.55. The van der Waals surface area contributed by atoms with E-state index in [2.05, 4.69) is 15.6 Å². The molecule has 3 heterocycles. The van der Waals surface area contributed by atoms with Crippen LogP contribution in [0.2, 0.25) is 0 Å². The minimum absolute atomic E-state index is 0.143. The summed E-state index contributed by atoms with van der Waals surface area (Å²) in [6.45, 7) is 1.57. The number of nitrogens with one attached hydrogen (secondary N) is 2. The van der Waals surface area contributed by atoms with Crippen molar-refractivity contribution in [2.45, 2.75) is 50.5 Å². The van der Waals surface area contributed by atoms with Crippen molar-refractivity contribution in [3.05, 3.63) is 88.6 Å². The average molecular weight is 567 g/mol. The Labute approximate surface area is 232 Å². The number of carbonyl (C=O) groups excluding carboxylic acids is 3. The average Bonchev–Trinajstić information content (AvgIpc) is 3.41. The van der Waals surface area contributed by atoms with Crippen molar-refractivity contribution in [1.29, 1.82) is 0 Å². The summed E-state index contributed by atoms with van der Waals surface area (Å²) in [4.78, 5) is 44.6. The van der Waals surface area contributed by atoms with E-state index in [0.717, 1.165) is 47.6 Å². The lowest BCUT2D eigenvalue weighted by molar-refractivity contribution is -0.191. The zero-order chi connectivity index (χ0) is 29.3. The molecule has 0 radical (unpaired) electrons. The third-order valence-corrected chi connectivity index (χ3v) is 8.58. The maximum absolute atomic E-state index is 15.0. The van der Waals surface area contributed by atoms with Gasteiger partial charge in [0.05, 0.1) is 11.5 Å². The summed E-state index contributed by atoms with van der Waals surface area (Å²) in [5.74, 6) is -6.72. The first-order valence-corrected chi connectivity index (χ1v) is 13.1. The topological polar surface area (TPSA) is 91.4 Å². The number of fused-ring (bicyclic) bond motifs is 3. The fourth-order valence-corrected chi connectivity index (χ4v) is 6.21. The van der Waals surface area contributed by atoms with Gasteiger partial charge >= 0.3 is 0 Å². The lowest BCUT2D eigenvalue weighted by atomic mass is 9.75. The molecule has 1 saturated heterocycles. The fraction of sp³-hybridized carbons (Fsp3) is 0.333. The number of nitrogens with zero attached hydrogens (tertiary/aromatic N) is 2. The first kappa shape index (κ1) is 26.9. The lowest BCUT2D eigenvalue weighted by Gasteiger charge is -2.47. The van der Waals surface area contributed by atoms with Crippen LogP contribution in [0.25, 0.3) is 0 Å². The quantitative estimate of drug-likeness (QED) is 0.439. The summed E-state index contributed by atoms with van der Waals surface area (Å²) in [7, 11) is 0. The molecule has 1 fully saturated rings. The third kappa shape index (κ3) is 4.25. The van der Waals surface area contributed by atoms with E-state index in [9.17, 15) is 23.2 Å². The van der Waals surface area contributed by atoms with Gasteiger partial charge in [-0.2, -0.15) is 0 Å². The molecule has 2 atom stereocenters. The Hall–Kier alpha value is -4.28. The van der Waals surface area contributed by atoms with E-state index in [1.54, 1.807) is 24.4 Å². The van der Waals surface area contributed by atoms with E-state index in [0.29, 0.717) is 30.4 Å². The van der Waals surface area contributed by atoms with E-state index < -0.39 is 59.2 Å². The second kappa shape index (κ2) is 9.12. The third-order valence-electron chi connectivity index (χ3n) is 8.58. The van der Waals surface area contributed by atoms with Crippen LogP contribution in [-0.2, 0) is 32.6 Å². The van der Waals surface area contributed by atoms with Crippen molar-refractivity contribution >= 4 is 29.2 Å². The Bertz CT molecular complexity index is 1600. The molecule has 3 amide bonds. The number of rotatable bonds is 4. The van der Waals surface area contributed by atoms with Crippen molar-refractivity contribution in [3.8, 4) is 0 Å². The molecule has 212 valence electrons. The van der Waals surface area contributed by atoms with Gasteiger partial charge in [-0.15, -0.1) is 0 Å². The molecule has 2 aromatic carbocycles. The van der Waals surface area contributed by atoms with Gasteiger partial charge in [0.25, 0.3) is 5.92 Å². The molecule has 3 aliphatic rings. The summed E-state index contributed by atoms with van der Waals surface area (Å²) in [6.07, 6.45) is 1.58. The Balaban J connectivity index is 1.24. The predicted octanol–water partition coefficient (Wildman–Crippen LogP) is 4.92. The van der Waals surface area contributed by atoms with Crippen molar-refractivity contribution < 1.29 is 31.9 Å². The summed E-state index contributed by atoms with van der Waals surface area (Å²) in [5.41, 5.74) is -0.0708. The van der Waals surface area contributed by atoms with E-state index in [1.165, 1.54) is 0 Å². The van der Waals surface area contributed by atoms with E-state index in [4.69, 9.17) is 0 Å². The second-order valence-electron chi connectivity index (χ2n) is 11.5. The number of halogens is 4. The summed E-state index contributed by atoms with van der Waals surface area (Å²) >= 11 is 0. The van der Waals surface area contributed by atoms with Gasteiger partial charge in [-0.25, -0.2) is 22.5 Å². The van der Waals surface area contributed by atoms with Crippen molar-refractivity contribution in [2.24, 2.45) is 5.41 Å². The van der Waals surface area contributed by atoms with Gasteiger partial charge in [-0.1, -0.05) is 12.1 Å². The molecule has 41 heavy (non-hydrogen) atoms. The first-order valence-electron chi connectivity index (χ1n) is 13.1. The van der Waals surface area contributed by atoms with Crippen LogP contribution in [0, 0.1) is 17.0 Å². The van der Waals surface area contributed by atoms with E-state index >= 15 is 8.78 Å². The fourth-order valence-electron chi connectivity index (χ4n) is 6.21. The number of amides is 3. The van der Waals surface area contributed by atoms with Crippen LogP contribution >= 0.6 is 0 Å². The molecule has 0 saturated carbocycles. The minimum atomic E-state index is -3.48. The molecule has 1 aromatic heterocycles. The number of benzene rings is 2. The number of hydrogen-bond donors (Lipinski definition) is 2. The number of alkyl halides is 2. The number of hydrogen-bond acceptors (Lipinski definition) is 4. The second-order valence-corrected chi connectivity index (χ2v) is 11.5. The van der Waals surface area contributed by atoms with Gasteiger partial charge in [-0.05, 0) is 73.7 Å². The van der Waals surface area contributed by atoms with Gasteiger partial charge in [0.1, 0.15) is 29.4 Å². The number of aromatic nitrogens is 1. The van der Waals surface area contributed by atoms with Crippen LogP contribution in [0.5, 0.6) is 0 Å². The highest BCUT2D eigenvalue weighted by atomic mass is 19.3. The predicted molar refractivity (Wildman–Crippen MR) is 141 cm³/mol. The number of anilines is 2. The highest BCUT2D eigenvalue weighted by Crippen LogP contribution is 2.51. The monoisotopic (exact) mass is 566 g/mol. The number of pyridine rings is 1. The number of piperidine rings is 1. The van der Waals surface area contributed by atoms with Crippen LogP contribution in [-0.4, -0.2) is 40.1 Å². The molecular formula is C30H26F4N4O3. The molecule has 1 spiro atoms.